The molecule has 3 aromatic rings. The molecule has 1 atom stereocenters. The second kappa shape index (κ2) is 9.82. The SMILES string of the molecule is O=C(COc1ccccc1-c1ccccc1)NNC(=O)C1CCCN1C(=O)c1ccco1. The maximum absolute atomic E-state index is 12.6. The van der Waals surface area contributed by atoms with Crippen molar-refractivity contribution < 1.29 is 23.5 Å². The van der Waals surface area contributed by atoms with E-state index in [1.165, 1.54) is 11.2 Å². The number of nitrogens with zero attached hydrogens (tertiary/aromatic N) is 1. The molecule has 1 saturated heterocycles. The first-order valence-electron chi connectivity index (χ1n) is 10.3. The lowest BCUT2D eigenvalue weighted by Gasteiger charge is -2.23. The molecular weight excluding hydrogens is 410 g/mol. The van der Waals surface area contributed by atoms with Gasteiger partial charge in [0.25, 0.3) is 17.7 Å². The van der Waals surface area contributed by atoms with Gasteiger partial charge < -0.3 is 14.1 Å². The molecule has 0 bridgehead atoms. The molecule has 1 aromatic heterocycles. The zero-order chi connectivity index (χ0) is 22.3. The Morgan fingerprint density at radius 3 is 2.53 bits per heavy atom. The largest absolute Gasteiger partial charge is 0.483 e. The van der Waals surface area contributed by atoms with Crippen LogP contribution >= 0.6 is 0 Å². The molecule has 2 N–H and O–H groups in total. The number of amides is 3. The topological polar surface area (TPSA) is 101 Å². The predicted molar refractivity (Wildman–Crippen MR) is 116 cm³/mol. The van der Waals surface area contributed by atoms with Gasteiger partial charge in [-0.25, -0.2) is 0 Å². The van der Waals surface area contributed by atoms with E-state index >= 15 is 0 Å². The first-order chi connectivity index (χ1) is 15.6. The molecule has 4 rings (SSSR count). The fraction of sp³-hybridized carbons (Fsp3) is 0.208. The third-order valence-electron chi connectivity index (χ3n) is 5.20. The Morgan fingerprint density at radius 1 is 0.969 bits per heavy atom. The minimum atomic E-state index is -0.673. The van der Waals surface area contributed by atoms with Crippen molar-refractivity contribution in [1.29, 1.82) is 0 Å². The molecule has 1 aliphatic heterocycles. The van der Waals surface area contributed by atoms with Gasteiger partial charge in [-0.1, -0.05) is 48.5 Å². The van der Waals surface area contributed by atoms with Gasteiger partial charge in [0.05, 0.1) is 6.26 Å². The van der Waals surface area contributed by atoms with Crippen LogP contribution in [0.5, 0.6) is 5.75 Å². The van der Waals surface area contributed by atoms with Gasteiger partial charge >= 0.3 is 0 Å². The van der Waals surface area contributed by atoms with Crippen LogP contribution in [0, 0.1) is 0 Å². The molecule has 32 heavy (non-hydrogen) atoms. The van der Waals surface area contributed by atoms with Crippen molar-refractivity contribution in [3.8, 4) is 16.9 Å². The highest BCUT2D eigenvalue weighted by Crippen LogP contribution is 2.29. The molecule has 1 aliphatic rings. The van der Waals surface area contributed by atoms with Crippen LogP contribution in [-0.2, 0) is 9.59 Å². The average Bonchev–Trinajstić information content (AvgIpc) is 3.54. The zero-order valence-corrected chi connectivity index (χ0v) is 17.3. The van der Waals surface area contributed by atoms with Gasteiger partial charge in [-0.15, -0.1) is 0 Å². The van der Waals surface area contributed by atoms with Crippen molar-refractivity contribution in [1.82, 2.24) is 15.8 Å². The Bertz CT molecular complexity index is 1080. The second-order valence-electron chi connectivity index (χ2n) is 7.32. The van der Waals surface area contributed by atoms with Gasteiger partial charge in [0, 0.05) is 12.1 Å². The monoisotopic (exact) mass is 433 g/mol. The predicted octanol–water partition coefficient (Wildman–Crippen LogP) is 2.78. The molecule has 8 heteroatoms. The van der Waals surface area contributed by atoms with Crippen LogP contribution in [0.4, 0.5) is 0 Å². The van der Waals surface area contributed by atoms with Crippen LogP contribution in [0.1, 0.15) is 23.4 Å². The summed E-state index contributed by atoms with van der Waals surface area (Å²) in [6.07, 6.45) is 2.61. The molecule has 0 saturated carbocycles. The third kappa shape index (κ3) is 4.80. The van der Waals surface area contributed by atoms with Crippen molar-refractivity contribution in [2.75, 3.05) is 13.2 Å². The van der Waals surface area contributed by atoms with Crippen molar-refractivity contribution in [3.05, 3.63) is 78.8 Å². The van der Waals surface area contributed by atoms with Crippen LogP contribution in [0.2, 0.25) is 0 Å². The van der Waals surface area contributed by atoms with E-state index in [4.69, 9.17) is 9.15 Å². The van der Waals surface area contributed by atoms with Crippen LogP contribution in [0.15, 0.2) is 77.4 Å². The first kappa shape index (κ1) is 21.2. The van der Waals surface area contributed by atoms with E-state index in [0.29, 0.717) is 25.1 Å². The van der Waals surface area contributed by atoms with E-state index < -0.39 is 17.9 Å². The summed E-state index contributed by atoms with van der Waals surface area (Å²) in [4.78, 5) is 38.8. The summed E-state index contributed by atoms with van der Waals surface area (Å²) >= 11 is 0. The van der Waals surface area contributed by atoms with E-state index in [1.807, 2.05) is 48.5 Å². The number of rotatable bonds is 6. The number of carbonyl (C=O) groups excluding carboxylic acids is 3. The lowest BCUT2D eigenvalue weighted by Crippen LogP contribution is -2.52. The molecule has 0 radical (unpaired) electrons. The number of benzene rings is 2. The first-order valence-corrected chi connectivity index (χ1v) is 10.3. The Morgan fingerprint density at radius 2 is 1.75 bits per heavy atom. The summed E-state index contributed by atoms with van der Waals surface area (Å²) in [6.45, 7) is 0.175. The van der Waals surface area contributed by atoms with Crippen LogP contribution in [0.3, 0.4) is 0 Å². The Balaban J connectivity index is 1.30. The van der Waals surface area contributed by atoms with E-state index in [9.17, 15) is 14.4 Å². The standard InChI is InChI=1S/C24H23N3O5/c28-22(16-32-20-12-5-4-10-18(20)17-8-2-1-3-9-17)25-26-23(29)19-11-6-14-27(19)24(30)21-13-7-15-31-21/h1-5,7-10,12-13,15,19H,6,11,14,16H2,(H,25,28)(H,26,29). The number of likely N-dealkylation sites (tertiary alicyclic amines) is 1. The number of hydrazine groups is 1. The van der Waals surface area contributed by atoms with Gasteiger partial charge in [0.2, 0.25) is 0 Å². The highest BCUT2D eigenvalue weighted by molar-refractivity contribution is 5.96. The Hall–Kier alpha value is -4.07. The number of para-hydroxylation sites is 1. The quantitative estimate of drug-likeness (QED) is 0.582. The molecule has 164 valence electrons. The van der Waals surface area contributed by atoms with Crippen LogP contribution in [-0.4, -0.2) is 41.8 Å². The molecule has 8 nitrogen and oxygen atoms in total. The normalized spacial score (nSPS) is 15.2. The van der Waals surface area contributed by atoms with E-state index in [-0.39, 0.29) is 18.3 Å². The molecule has 0 spiro atoms. The lowest BCUT2D eigenvalue weighted by molar-refractivity contribution is -0.131. The van der Waals surface area contributed by atoms with Crippen molar-refractivity contribution in [2.24, 2.45) is 0 Å². The smallest absolute Gasteiger partial charge is 0.290 e. The van der Waals surface area contributed by atoms with Crippen molar-refractivity contribution >= 4 is 17.7 Å². The molecule has 3 amide bonds. The Kier molecular flexibility index (Phi) is 6.50. The summed E-state index contributed by atoms with van der Waals surface area (Å²) in [5, 5.41) is 0. The summed E-state index contributed by atoms with van der Waals surface area (Å²) in [5.74, 6) is -0.575. The van der Waals surface area contributed by atoms with E-state index in [1.54, 1.807) is 18.2 Å². The lowest BCUT2D eigenvalue weighted by atomic mass is 10.1. The molecule has 1 unspecified atom stereocenters. The maximum atomic E-state index is 12.6. The zero-order valence-electron chi connectivity index (χ0n) is 17.3. The number of hydrogen-bond acceptors (Lipinski definition) is 5. The number of furan rings is 1. The van der Waals surface area contributed by atoms with E-state index in [2.05, 4.69) is 10.9 Å². The number of carbonyl (C=O) groups is 3. The molecule has 0 aliphatic carbocycles. The van der Waals surface area contributed by atoms with Crippen LogP contribution < -0.4 is 15.6 Å². The summed E-state index contributed by atoms with van der Waals surface area (Å²) in [7, 11) is 0. The van der Waals surface area contributed by atoms with Gasteiger partial charge in [-0.3, -0.25) is 25.2 Å². The maximum Gasteiger partial charge on any atom is 0.290 e. The molecular formula is C24H23N3O5. The highest BCUT2D eigenvalue weighted by Gasteiger charge is 2.35. The van der Waals surface area contributed by atoms with Crippen molar-refractivity contribution in [3.63, 3.8) is 0 Å². The Labute approximate surface area is 185 Å². The summed E-state index contributed by atoms with van der Waals surface area (Å²) < 4.78 is 10.8. The number of ether oxygens (including phenoxy) is 1. The average molecular weight is 433 g/mol. The van der Waals surface area contributed by atoms with Crippen LogP contribution in [0.25, 0.3) is 11.1 Å². The highest BCUT2D eigenvalue weighted by atomic mass is 16.5. The third-order valence-corrected chi connectivity index (χ3v) is 5.20. The minimum Gasteiger partial charge on any atom is -0.483 e. The molecule has 1 fully saturated rings. The minimum absolute atomic E-state index is 0.180. The fourth-order valence-corrected chi connectivity index (χ4v) is 3.67. The van der Waals surface area contributed by atoms with Gasteiger partial charge in [0.1, 0.15) is 11.8 Å². The number of nitrogens with one attached hydrogen (secondary N) is 2. The van der Waals surface area contributed by atoms with Gasteiger partial charge in [-0.2, -0.15) is 0 Å². The van der Waals surface area contributed by atoms with Gasteiger partial charge in [-0.05, 0) is 36.6 Å². The van der Waals surface area contributed by atoms with Crippen molar-refractivity contribution in [2.45, 2.75) is 18.9 Å². The summed E-state index contributed by atoms with van der Waals surface area (Å²) in [6, 6.07) is 19.6. The number of hydrogen-bond donors (Lipinski definition) is 2. The second-order valence-corrected chi connectivity index (χ2v) is 7.32. The molecule has 2 heterocycles. The van der Waals surface area contributed by atoms with Gasteiger partial charge in [0.15, 0.2) is 12.4 Å². The fourth-order valence-electron chi connectivity index (χ4n) is 3.67. The molecule has 2 aromatic carbocycles. The summed E-state index contributed by atoms with van der Waals surface area (Å²) in [5.41, 5.74) is 6.59. The van der Waals surface area contributed by atoms with E-state index in [0.717, 1.165) is 11.1 Å².